The SMILES string of the molecule is N#C[C@H](c1ccccn1)c1cc(C(F)(F)F)nc2c(C(F)(F)F)cccc12. The van der Waals surface area contributed by atoms with E-state index in [1.165, 1.54) is 24.4 Å². The fraction of sp³-hybridized carbons (Fsp3) is 0.167. The van der Waals surface area contributed by atoms with E-state index in [1.54, 1.807) is 6.07 Å². The summed E-state index contributed by atoms with van der Waals surface area (Å²) in [6, 6.07) is 9.85. The zero-order valence-electron chi connectivity index (χ0n) is 13.3. The molecule has 0 fully saturated rings. The number of aromatic nitrogens is 2. The second-order valence-corrected chi connectivity index (χ2v) is 5.61. The summed E-state index contributed by atoms with van der Waals surface area (Å²) in [5.41, 5.74) is -3.77. The van der Waals surface area contributed by atoms with Crippen LogP contribution in [0, 0.1) is 11.3 Å². The van der Waals surface area contributed by atoms with E-state index >= 15 is 0 Å². The number of benzene rings is 1. The number of nitrogens with zero attached hydrogens (tertiary/aromatic N) is 3. The fourth-order valence-corrected chi connectivity index (χ4v) is 2.73. The molecule has 138 valence electrons. The normalized spacial score (nSPS) is 13.4. The Balaban J connectivity index is 2.40. The molecular formula is C18H9F6N3. The predicted octanol–water partition coefficient (Wildman–Crippen LogP) is 5.32. The molecule has 0 aliphatic rings. The Kier molecular flexibility index (Phi) is 4.51. The number of hydrogen-bond acceptors (Lipinski definition) is 3. The quantitative estimate of drug-likeness (QED) is 0.565. The lowest BCUT2D eigenvalue weighted by Gasteiger charge is -2.17. The van der Waals surface area contributed by atoms with Gasteiger partial charge in [-0.25, -0.2) is 4.98 Å². The van der Waals surface area contributed by atoms with Crippen LogP contribution in [0.15, 0.2) is 48.7 Å². The van der Waals surface area contributed by atoms with Gasteiger partial charge in [-0.2, -0.15) is 31.6 Å². The zero-order chi connectivity index (χ0) is 19.8. The van der Waals surface area contributed by atoms with Gasteiger partial charge in [0.25, 0.3) is 0 Å². The third-order valence-electron chi connectivity index (χ3n) is 3.89. The number of hydrogen-bond donors (Lipinski definition) is 0. The van der Waals surface area contributed by atoms with Crippen LogP contribution in [0.1, 0.15) is 28.4 Å². The van der Waals surface area contributed by atoms with E-state index in [-0.39, 0.29) is 16.6 Å². The number of para-hydroxylation sites is 1. The molecular weight excluding hydrogens is 372 g/mol. The smallest absolute Gasteiger partial charge is 0.260 e. The lowest BCUT2D eigenvalue weighted by molar-refractivity contribution is -0.142. The van der Waals surface area contributed by atoms with E-state index in [9.17, 15) is 31.6 Å². The summed E-state index contributed by atoms with van der Waals surface area (Å²) in [4.78, 5) is 7.16. The van der Waals surface area contributed by atoms with E-state index < -0.39 is 35.0 Å². The van der Waals surface area contributed by atoms with Gasteiger partial charge in [0.15, 0.2) is 0 Å². The number of nitriles is 1. The number of alkyl halides is 6. The summed E-state index contributed by atoms with van der Waals surface area (Å²) in [5, 5.41) is 9.32. The Bertz CT molecular complexity index is 1020. The standard InChI is InChI=1S/C18H9F6N3/c19-17(20,21)13-5-3-4-10-11(8-15(18(22,23)24)27-16(10)13)12(9-25)14-6-1-2-7-26-14/h1-8,12H/t12-/m0/s1. The molecule has 0 aliphatic heterocycles. The largest absolute Gasteiger partial charge is 0.433 e. The third-order valence-corrected chi connectivity index (χ3v) is 3.89. The predicted molar refractivity (Wildman–Crippen MR) is 83.4 cm³/mol. The van der Waals surface area contributed by atoms with Crippen molar-refractivity contribution in [3.05, 3.63) is 71.2 Å². The highest BCUT2D eigenvalue weighted by Crippen LogP contribution is 2.40. The van der Waals surface area contributed by atoms with E-state index in [2.05, 4.69) is 9.97 Å². The third kappa shape index (κ3) is 3.56. The van der Waals surface area contributed by atoms with Crippen molar-refractivity contribution in [2.75, 3.05) is 0 Å². The van der Waals surface area contributed by atoms with Crippen molar-refractivity contribution in [3.8, 4) is 6.07 Å². The van der Waals surface area contributed by atoms with Crippen molar-refractivity contribution in [2.45, 2.75) is 18.3 Å². The Hall–Kier alpha value is -3.15. The number of rotatable bonds is 2. The molecule has 0 amide bonds. The summed E-state index contributed by atoms with van der Waals surface area (Å²) in [5.74, 6) is -1.29. The highest BCUT2D eigenvalue weighted by molar-refractivity contribution is 5.87. The van der Waals surface area contributed by atoms with Crippen LogP contribution in [0.25, 0.3) is 10.9 Å². The van der Waals surface area contributed by atoms with Crippen LogP contribution >= 0.6 is 0 Å². The Morgan fingerprint density at radius 3 is 2.22 bits per heavy atom. The first-order chi connectivity index (χ1) is 12.6. The van der Waals surface area contributed by atoms with Gasteiger partial charge in [-0.1, -0.05) is 18.2 Å². The molecule has 0 saturated carbocycles. The number of halogens is 6. The Labute approximate surface area is 148 Å². The average Bonchev–Trinajstić information content (AvgIpc) is 2.61. The summed E-state index contributed by atoms with van der Waals surface area (Å²) in [6.07, 6.45) is -8.54. The molecule has 9 heteroatoms. The minimum absolute atomic E-state index is 0.123. The molecule has 0 unspecified atom stereocenters. The van der Waals surface area contributed by atoms with Crippen LogP contribution in [-0.2, 0) is 12.4 Å². The molecule has 2 heterocycles. The van der Waals surface area contributed by atoms with Crippen molar-refractivity contribution in [1.82, 2.24) is 9.97 Å². The summed E-state index contributed by atoms with van der Waals surface area (Å²) in [7, 11) is 0. The maximum atomic E-state index is 13.3. The van der Waals surface area contributed by atoms with Gasteiger partial charge in [-0.15, -0.1) is 0 Å². The summed E-state index contributed by atoms with van der Waals surface area (Å²) >= 11 is 0. The molecule has 0 saturated heterocycles. The van der Waals surface area contributed by atoms with Gasteiger partial charge in [0.05, 0.1) is 22.8 Å². The second-order valence-electron chi connectivity index (χ2n) is 5.61. The van der Waals surface area contributed by atoms with Crippen LogP contribution in [0.5, 0.6) is 0 Å². The molecule has 0 spiro atoms. The van der Waals surface area contributed by atoms with Crippen molar-refractivity contribution in [3.63, 3.8) is 0 Å². The summed E-state index contributed by atoms with van der Waals surface area (Å²) in [6.45, 7) is 0. The molecule has 0 aliphatic carbocycles. The van der Waals surface area contributed by atoms with Gasteiger partial charge in [0.2, 0.25) is 0 Å². The van der Waals surface area contributed by atoms with E-state index in [4.69, 9.17) is 0 Å². The van der Waals surface area contributed by atoms with Crippen molar-refractivity contribution in [1.29, 1.82) is 5.26 Å². The lowest BCUT2D eigenvalue weighted by Crippen LogP contribution is -2.14. The molecule has 27 heavy (non-hydrogen) atoms. The fourth-order valence-electron chi connectivity index (χ4n) is 2.73. The van der Waals surface area contributed by atoms with Crippen LogP contribution in [0.2, 0.25) is 0 Å². The summed E-state index contributed by atoms with van der Waals surface area (Å²) < 4.78 is 79.6. The van der Waals surface area contributed by atoms with Gasteiger partial charge in [-0.3, -0.25) is 4.98 Å². The molecule has 0 N–H and O–H groups in total. The highest BCUT2D eigenvalue weighted by atomic mass is 19.4. The van der Waals surface area contributed by atoms with Crippen molar-refractivity contribution in [2.24, 2.45) is 0 Å². The molecule has 3 nitrogen and oxygen atoms in total. The van der Waals surface area contributed by atoms with E-state index in [0.717, 1.165) is 6.07 Å². The van der Waals surface area contributed by atoms with Gasteiger partial charge in [0.1, 0.15) is 11.6 Å². The monoisotopic (exact) mass is 381 g/mol. The first-order valence-corrected chi connectivity index (χ1v) is 7.51. The van der Waals surface area contributed by atoms with Gasteiger partial charge >= 0.3 is 12.4 Å². The first-order valence-electron chi connectivity index (χ1n) is 7.51. The van der Waals surface area contributed by atoms with Crippen molar-refractivity contribution >= 4 is 10.9 Å². The highest BCUT2D eigenvalue weighted by Gasteiger charge is 2.38. The van der Waals surface area contributed by atoms with E-state index in [0.29, 0.717) is 12.1 Å². The van der Waals surface area contributed by atoms with Gasteiger partial charge < -0.3 is 0 Å². The van der Waals surface area contributed by atoms with E-state index in [1.807, 2.05) is 6.07 Å². The van der Waals surface area contributed by atoms with Crippen LogP contribution in [0.3, 0.4) is 0 Å². The van der Waals surface area contributed by atoms with Crippen LogP contribution < -0.4 is 0 Å². The van der Waals surface area contributed by atoms with Gasteiger partial charge in [-0.05, 0) is 29.8 Å². The topological polar surface area (TPSA) is 49.6 Å². The van der Waals surface area contributed by atoms with Crippen LogP contribution in [-0.4, -0.2) is 9.97 Å². The average molecular weight is 381 g/mol. The minimum atomic E-state index is -4.98. The molecule has 3 aromatic rings. The Morgan fingerprint density at radius 2 is 1.67 bits per heavy atom. The Morgan fingerprint density at radius 1 is 0.926 bits per heavy atom. The zero-order valence-corrected chi connectivity index (χ0v) is 13.3. The van der Waals surface area contributed by atoms with Crippen LogP contribution in [0.4, 0.5) is 26.3 Å². The second kappa shape index (κ2) is 6.54. The first kappa shape index (κ1) is 18.6. The molecule has 2 aromatic heterocycles. The molecule has 1 atom stereocenters. The molecule has 1 aromatic carbocycles. The van der Waals surface area contributed by atoms with Crippen molar-refractivity contribution < 1.29 is 26.3 Å². The number of pyridine rings is 2. The molecule has 0 radical (unpaired) electrons. The molecule has 3 rings (SSSR count). The van der Waals surface area contributed by atoms with Gasteiger partial charge in [0, 0.05) is 11.6 Å². The lowest BCUT2D eigenvalue weighted by atomic mass is 9.91. The maximum Gasteiger partial charge on any atom is 0.433 e. The maximum absolute atomic E-state index is 13.3. The number of fused-ring (bicyclic) bond motifs is 1. The minimum Gasteiger partial charge on any atom is -0.260 e. The molecule has 0 bridgehead atoms.